The Morgan fingerprint density at radius 2 is 1.77 bits per heavy atom. The zero-order valence-corrected chi connectivity index (χ0v) is 21.0. The molecule has 4 rings (SSSR count). The predicted molar refractivity (Wildman–Crippen MR) is 131 cm³/mol. The Bertz CT molecular complexity index is 1440. The molecule has 1 fully saturated rings. The van der Waals surface area contributed by atoms with Crippen molar-refractivity contribution in [2.75, 3.05) is 17.2 Å². The molecule has 0 saturated heterocycles. The van der Waals surface area contributed by atoms with Crippen molar-refractivity contribution in [1.29, 1.82) is 0 Å². The van der Waals surface area contributed by atoms with Crippen LogP contribution < -0.4 is 10.6 Å². The topological polar surface area (TPSA) is 149 Å². The van der Waals surface area contributed by atoms with Crippen LogP contribution in [0.15, 0.2) is 28.7 Å². The molecule has 40 heavy (non-hydrogen) atoms. The molecule has 0 bridgehead atoms. The lowest BCUT2D eigenvalue weighted by Gasteiger charge is -2.27. The van der Waals surface area contributed by atoms with Gasteiger partial charge in [-0.3, -0.25) is 19.7 Å². The van der Waals surface area contributed by atoms with Gasteiger partial charge in [0.25, 0.3) is 5.69 Å². The zero-order chi connectivity index (χ0) is 29.0. The molecule has 0 atom stereocenters. The zero-order valence-electron chi connectivity index (χ0n) is 21.0. The van der Waals surface area contributed by atoms with E-state index in [-0.39, 0.29) is 42.5 Å². The third-order valence-corrected chi connectivity index (χ3v) is 6.48. The normalized spacial score (nSPS) is 16.8. The highest BCUT2D eigenvalue weighted by molar-refractivity contribution is 6.02. The third kappa shape index (κ3) is 6.35. The molecule has 0 radical (unpaired) electrons. The first-order valence-electron chi connectivity index (χ1n) is 12.3. The van der Waals surface area contributed by atoms with Crippen LogP contribution in [-0.4, -0.2) is 33.6 Å². The van der Waals surface area contributed by atoms with Crippen LogP contribution in [-0.2, 0) is 16.0 Å². The second-order valence-electron chi connectivity index (χ2n) is 9.10. The summed E-state index contributed by atoms with van der Waals surface area (Å²) in [6, 6.07) is 2.51. The van der Waals surface area contributed by atoms with Gasteiger partial charge >= 0.3 is 23.8 Å². The number of amides is 1. The molecule has 1 aliphatic rings. The summed E-state index contributed by atoms with van der Waals surface area (Å²) in [5, 5.41) is 22.6. The summed E-state index contributed by atoms with van der Waals surface area (Å²) in [5.74, 6) is -7.46. The molecule has 11 nitrogen and oxygen atoms in total. The number of rotatable bonds is 9. The summed E-state index contributed by atoms with van der Waals surface area (Å²) in [6.45, 7) is 2.01. The number of hydrogen-bond acceptors (Lipinski definition) is 9. The number of nitro groups is 1. The average molecular weight is 565 g/mol. The van der Waals surface area contributed by atoms with Gasteiger partial charge in [0.05, 0.1) is 23.1 Å². The fraction of sp³-hybridized carbons (Fsp3) is 0.360. The number of nitrogens with one attached hydrogen (secondary N) is 2. The maximum absolute atomic E-state index is 15.5. The monoisotopic (exact) mass is 565 g/mol. The van der Waals surface area contributed by atoms with Crippen LogP contribution in [0.1, 0.15) is 48.9 Å². The van der Waals surface area contributed by atoms with Crippen molar-refractivity contribution in [2.24, 2.45) is 11.8 Å². The number of nitro benzene ring substituents is 1. The first kappa shape index (κ1) is 28.4. The molecule has 2 N–H and O–H groups in total. The number of halogens is 4. The van der Waals surface area contributed by atoms with Crippen LogP contribution in [0.5, 0.6) is 0 Å². The summed E-state index contributed by atoms with van der Waals surface area (Å²) in [4.78, 5) is 35.3. The van der Waals surface area contributed by atoms with Crippen LogP contribution in [0.3, 0.4) is 0 Å². The highest BCUT2D eigenvalue weighted by Gasteiger charge is 2.30. The smallest absolute Gasteiger partial charge is 0.320 e. The van der Waals surface area contributed by atoms with E-state index >= 15 is 4.39 Å². The Balaban J connectivity index is 1.48. The minimum atomic E-state index is -1.43. The molecule has 2 aromatic carbocycles. The summed E-state index contributed by atoms with van der Waals surface area (Å²) >= 11 is 0. The highest BCUT2D eigenvalue weighted by atomic mass is 19.2. The Hall–Kier alpha value is -4.56. The van der Waals surface area contributed by atoms with Crippen molar-refractivity contribution in [2.45, 2.75) is 39.0 Å². The van der Waals surface area contributed by atoms with Crippen molar-refractivity contribution >= 4 is 35.0 Å². The van der Waals surface area contributed by atoms with Gasteiger partial charge in [-0.1, -0.05) is 5.10 Å². The van der Waals surface area contributed by atoms with Crippen LogP contribution in [0, 0.1) is 45.2 Å². The first-order chi connectivity index (χ1) is 19.1. The van der Waals surface area contributed by atoms with Crippen molar-refractivity contribution < 1.29 is 41.2 Å². The molecule has 1 heterocycles. The van der Waals surface area contributed by atoms with Gasteiger partial charge in [0.2, 0.25) is 0 Å². The third-order valence-electron chi connectivity index (χ3n) is 6.48. The molecule has 212 valence electrons. The summed E-state index contributed by atoms with van der Waals surface area (Å²) in [7, 11) is 0. The van der Waals surface area contributed by atoms with Crippen molar-refractivity contribution in [1.82, 2.24) is 10.2 Å². The van der Waals surface area contributed by atoms with Gasteiger partial charge in [-0.15, -0.1) is 5.10 Å². The molecule has 0 spiro atoms. The molecule has 1 aliphatic carbocycles. The Kier molecular flexibility index (Phi) is 8.60. The fourth-order valence-electron chi connectivity index (χ4n) is 4.48. The first-order valence-corrected chi connectivity index (χ1v) is 12.3. The van der Waals surface area contributed by atoms with E-state index in [1.807, 2.05) is 0 Å². The molecule has 3 aromatic rings. The van der Waals surface area contributed by atoms with Gasteiger partial charge in [-0.2, -0.15) is 0 Å². The molecule has 15 heteroatoms. The quantitative estimate of drug-likeness (QED) is 0.114. The van der Waals surface area contributed by atoms with Crippen LogP contribution in [0.25, 0.3) is 0 Å². The molecule has 1 saturated carbocycles. The van der Waals surface area contributed by atoms with Crippen molar-refractivity contribution in [3.05, 3.63) is 69.1 Å². The number of esters is 1. The maximum Gasteiger partial charge on any atom is 0.320 e. The largest absolute Gasteiger partial charge is 0.466 e. The van der Waals surface area contributed by atoms with Gasteiger partial charge in [-0.25, -0.2) is 17.6 Å². The minimum absolute atomic E-state index is 0.00597. The SMILES string of the molecule is CCOC(=O)[C@H]1CC[C@H](Cc2ccc([N+](=O)[O-])c(NC(=O)c3nnc(Nc4cc(F)c(F)cc4F)o3)c2F)CC1. The molecular formula is C25H23F4N5O6. The van der Waals surface area contributed by atoms with E-state index < -0.39 is 63.1 Å². The minimum Gasteiger partial charge on any atom is -0.466 e. The van der Waals surface area contributed by atoms with Gasteiger partial charge in [0.1, 0.15) is 5.82 Å². The van der Waals surface area contributed by atoms with Gasteiger partial charge in [-0.05, 0) is 56.6 Å². The van der Waals surface area contributed by atoms with Crippen LogP contribution in [0.4, 0.5) is 40.6 Å². The van der Waals surface area contributed by atoms with E-state index in [1.165, 1.54) is 6.07 Å². The van der Waals surface area contributed by atoms with E-state index in [4.69, 9.17) is 9.15 Å². The van der Waals surface area contributed by atoms with Gasteiger partial charge in [0, 0.05) is 18.2 Å². The average Bonchev–Trinajstić information content (AvgIpc) is 3.38. The lowest BCUT2D eigenvalue weighted by atomic mass is 9.79. The number of carbonyl (C=O) groups excluding carboxylic acids is 2. The molecule has 0 aliphatic heterocycles. The number of anilines is 3. The summed E-state index contributed by atoms with van der Waals surface area (Å²) < 4.78 is 65.9. The van der Waals surface area contributed by atoms with E-state index in [1.54, 1.807) is 6.92 Å². The number of carbonyl (C=O) groups is 2. The summed E-state index contributed by atoms with van der Waals surface area (Å²) in [5.41, 5.74) is -1.88. The van der Waals surface area contributed by atoms with Crippen molar-refractivity contribution in [3.63, 3.8) is 0 Å². The van der Waals surface area contributed by atoms with E-state index in [0.29, 0.717) is 31.7 Å². The number of aromatic nitrogens is 2. The molecule has 1 aromatic heterocycles. The second-order valence-corrected chi connectivity index (χ2v) is 9.10. The number of ether oxygens (including phenoxy) is 1. The highest BCUT2D eigenvalue weighted by Crippen LogP contribution is 2.36. The molecule has 1 amide bonds. The van der Waals surface area contributed by atoms with Crippen LogP contribution >= 0.6 is 0 Å². The Labute approximate surface area is 224 Å². The van der Waals surface area contributed by atoms with Crippen LogP contribution in [0.2, 0.25) is 0 Å². The predicted octanol–water partition coefficient (Wildman–Crippen LogP) is 5.44. The molecule has 0 unspecified atom stereocenters. The van der Waals surface area contributed by atoms with Crippen molar-refractivity contribution in [3.8, 4) is 0 Å². The number of benzene rings is 2. The van der Waals surface area contributed by atoms with Gasteiger partial charge < -0.3 is 19.8 Å². The van der Waals surface area contributed by atoms with Gasteiger partial charge in [0.15, 0.2) is 23.1 Å². The van der Waals surface area contributed by atoms with E-state index in [0.717, 1.165) is 6.07 Å². The Morgan fingerprint density at radius 1 is 1.07 bits per heavy atom. The fourth-order valence-corrected chi connectivity index (χ4v) is 4.48. The lowest BCUT2D eigenvalue weighted by Crippen LogP contribution is -2.24. The maximum atomic E-state index is 15.5. The standard InChI is InChI=1S/C25H23F4N5O6/c1-2-39-24(36)13-5-3-12(4-6-13)9-14-7-8-19(34(37)38)21(20(14)29)31-22(35)23-32-33-25(40-23)30-18-11-16(27)15(26)10-17(18)28/h7-8,10-13H,2-6,9H2,1H3,(H,30,33)(H,31,35)/t12-,13-. The number of nitrogens with zero attached hydrogens (tertiary/aromatic N) is 3. The van der Waals surface area contributed by atoms with E-state index in [2.05, 4.69) is 20.8 Å². The van der Waals surface area contributed by atoms with E-state index in [9.17, 15) is 32.9 Å². The summed E-state index contributed by atoms with van der Waals surface area (Å²) in [6.07, 6.45) is 2.61. The second kappa shape index (κ2) is 12.1. The molecular weight excluding hydrogens is 542 g/mol. The Morgan fingerprint density at radius 3 is 2.45 bits per heavy atom. The number of hydrogen-bond donors (Lipinski definition) is 2. The lowest BCUT2D eigenvalue weighted by molar-refractivity contribution is -0.384.